The fraction of sp³-hybridized carbons (Fsp3) is 0.207. The Hall–Kier alpha value is -3.99. The van der Waals surface area contributed by atoms with Crippen molar-refractivity contribution < 1.29 is 23.1 Å². The molecule has 0 unspecified atom stereocenters. The Morgan fingerprint density at radius 1 is 1.00 bits per heavy atom. The van der Waals surface area contributed by atoms with Crippen LogP contribution in [0, 0.1) is 0 Å². The van der Waals surface area contributed by atoms with Gasteiger partial charge in [0.25, 0.3) is 11.5 Å². The number of pyridine rings is 1. The predicted octanol–water partition coefficient (Wildman–Crippen LogP) is 3.76. The third-order valence-corrected chi connectivity index (χ3v) is 7.75. The molecule has 0 atom stereocenters. The van der Waals surface area contributed by atoms with E-state index in [1.165, 1.54) is 24.3 Å². The van der Waals surface area contributed by atoms with Gasteiger partial charge in [-0.25, -0.2) is 13.2 Å². The van der Waals surface area contributed by atoms with E-state index in [1.54, 1.807) is 42.5 Å². The summed E-state index contributed by atoms with van der Waals surface area (Å²) < 4.78 is 24.9. The van der Waals surface area contributed by atoms with Crippen molar-refractivity contribution in [1.29, 1.82) is 0 Å². The first-order valence-corrected chi connectivity index (χ1v) is 14.6. The number of halogens is 1. The highest BCUT2D eigenvalue weighted by Gasteiger charge is 2.24. The topological polar surface area (TPSA) is 126 Å². The summed E-state index contributed by atoms with van der Waals surface area (Å²) in [5.74, 6) is -1.66. The van der Waals surface area contributed by atoms with E-state index < -0.39 is 21.4 Å². The zero-order chi connectivity index (χ0) is 29.2. The lowest BCUT2D eigenvalue weighted by molar-refractivity contribution is 0.0685. The number of aromatic nitrogens is 1. The van der Waals surface area contributed by atoms with E-state index in [0.717, 1.165) is 10.8 Å². The molecule has 0 aliphatic rings. The molecule has 11 heteroatoms. The van der Waals surface area contributed by atoms with Crippen molar-refractivity contribution in [3.8, 4) is 11.1 Å². The average Bonchev–Trinajstić information content (AvgIpc) is 2.89. The highest BCUT2D eigenvalue weighted by molar-refractivity contribution is 7.90. The largest absolute Gasteiger partial charge is 0.477 e. The molecule has 40 heavy (non-hydrogen) atoms. The molecule has 4 aromatic rings. The second kappa shape index (κ2) is 11.6. The molecule has 0 saturated heterocycles. The summed E-state index contributed by atoms with van der Waals surface area (Å²) in [7, 11) is 0.359. The van der Waals surface area contributed by atoms with Crippen molar-refractivity contribution in [1.82, 2.24) is 14.8 Å². The normalized spacial score (nSPS) is 11.6. The number of nitrogens with zero attached hydrogens (tertiary/aromatic N) is 2. The maximum atomic E-state index is 13.6. The van der Waals surface area contributed by atoms with Gasteiger partial charge in [0.1, 0.15) is 5.69 Å². The van der Waals surface area contributed by atoms with Crippen molar-refractivity contribution >= 4 is 44.1 Å². The first-order valence-electron chi connectivity index (χ1n) is 12.3. The molecule has 4 rings (SSSR count). The van der Waals surface area contributed by atoms with Gasteiger partial charge in [-0.3, -0.25) is 14.2 Å². The molecule has 0 aliphatic heterocycles. The Morgan fingerprint density at radius 2 is 1.70 bits per heavy atom. The van der Waals surface area contributed by atoms with Crippen LogP contribution in [0.3, 0.4) is 0 Å². The first kappa shape index (κ1) is 29.0. The van der Waals surface area contributed by atoms with Crippen molar-refractivity contribution in [3.05, 3.63) is 98.9 Å². The van der Waals surface area contributed by atoms with E-state index in [9.17, 15) is 27.9 Å². The molecule has 0 bridgehead atoms. The van der Waals surface area contributed by atoms with Gasteiger partial charge in [0.15, 0.2) is 9.84 Å². The monoisotopic (exact) mass is 581 g/mol. The number of hydrogen-bond acceptors (Lipinski definition) is 6. The maximum absolute atomic E-state index is 13.6. The molecule has 1 aromatic heterocycles. The van der Waals surface area contributed by atoms with Crippen LogP contribution >= 0.6 is 11.6 Å². The van der Waals surface area contributed by atoms with Crippen LogP contribution in [0.2, 0.25) is 5.02 Å². The molecular weight excluding hydrogens is 554 g/mol. The van der Waals surface area contributed by atoms with Gasteiger partial charge in [0.2, 0.25) is 0 Å². The number of likely N-dealkylation sites (N-methyl/N-ethyl adjacent to an activating group) is 1. The minimum atomic E-state index is -3.43. The number of carbonyl (C=O) groups is 2. The number of nitrogens with one attached hydrogen (secondary N) is 1. The van der Waals surface area contributed by atoms with Gasteiger partial charge < -0.3 is 15.3 Å². The van der Waals surface area contributed by atoms with E-state index in [2.05, 4.69) is 5.32 Å². The van der Waals surface area contributed by atoms with Crippen molar-refractivity contribution in [2.75, 3.05) is 33.4 Å². The van der Waals surface area contributed by atoms with Crippen LogP contribution in [0.5, 0.6) is 0 Å². The Bertz CT molecular complexity index is 1780. The third kappa shape index (κ3) is 6.25. The summed E-state index contributed by atoms with van der Waals surface area (Å²) in [6.45, 7) is 0.951. The zero-order valence-corrected chi connectivity index (χ0v) is 23.7. The number of carboxylic acid groups (broad SMARTS) is 1. The molecule has 9 nitrogen and oxygen atoms in total. The van der Waals surface area contributed by atoms with E-state index in [-0.39, 0.29) is 34.0 Å². The predicted molar refractivity (Wildman–Crippen MR) is 155 cm³/mol. The molecule has 0 saturated carbocycles. The number of rotatable bonds is 9. The van der Waals surface area contributed by atoms with Crippen LogP contribution in [0.25, 0.3) is 21.9 Å². The van der Waals surface area contributed by atoms with Gasteiger partial charge in [-0.2, -0.15) is 0 Å². The van der Waals surface area contributed by atoms with Crippen molar-refractivity contribution in [2.24, 2.45) is 0 Å². The molecule has 1 heterocycles. The molecule has 0 radical (unpaired) electrons. The molecule has 2 N–H and O–H groups in total. The quantitative estimate of drug-likeness (QED) is 0.308. The Labute approximate surface area is 236 Å². The SMILES string of the molecule is CN(C)CCNC(=O)c1cccc(-c2c(C(=O)O)n(Cc3ccc(S(C)(=O)=O)cc3)c(=O)c3ccc(Cl)cc23)c1. The van der Waals surface area contributed by atoms with Gasteiger partial charge in [0.05, 0.1) is 11.4 Å². The van der Waals surface area contributed by atoms with Crippen LogP contribution in [0.4, 0.5) is 0 Å². The van der Waals surface area contributed by atoms with Gasteiger partial charge in [-0.15, -0.1) is 0 Å². The number of sulfone groups is 1. The molecular formula is C29H28ClN3O6S. The first-order chi connectivity index (χ1) is 18.9. The summed E-state index contributed by atoms with van der Waals surface area (Å²) in [6.07, 6.45) is 1.09. The summed E-state index contributed by atoms with van der Waals surface area (Å²) in [4.78, 5) is 41.2. The van der Waals surface area contributed by atoms with Crippen molar-refractivity contribution in [3.63, 3.8) is 0 Å². The van der Waals surface area contributed by atoms with Crippen LogP contribution in [0.15, 0.2) is 76.4 Å². The lowest BCUT2D eigenvalue weighted by Crippen LogP contribution is -2.31. The molecule has 3 aromatic carbocycles. The minimum absolute atomic E-state index is 0.108. The van der Waals surface area contributed by atoms with Crippen LogP contribution in [-0.2, 0) is 16.4 Å². The zero-order valence-electron chi connectivity index (χ0n) is 22.1. The third-order valence-electron chi connectivity index (χ3n) is 6.39. The van der Waals surface area contributed by atoms with Gasteiger partial charge in [0, 0.05) is 40.9 Å². The van der Waals surface area contributed by atoms with Crippen LogP contribution in [-0.4, -0.2) is 68.3 Å². The Kier molecular flexibility index (Phi) is 8.43. The summed E-state index contributed by atoms with van der Waals surface area (Å²) >= 11 is 6.27. The lowest BCUT2D eigenvalue weighted by atomic mass is 9.95. The Balaban J connectivity index is 1.91. The summed E-state index contributed by atoms with van der Waals surface area (Å²) in [5.41, 5.74) is 0.697. The van der Waals surface area contributed by atoms with Gasteiger partial charge in [-0.1, -0.05) is 35.9 Å². The molecule has 208 valence electrons. The number of aromatic carboxylic acids is 1. The average molecular weight is 582 g/mol. The van der Waals surface area contributed by atoms with E-state index in [4.69, 9.17) is 11.6 Å². The van der Waals surface area contributed by atoms with Crippen molar-refractivity contribution in [2.45, 2.75) is 11.4 Å². The number of carbonyl (C=O) groups excluding carboxylic acids is 1. The van der Waals surface area contributed by atoms with Gasteiger partial charge >= 0.3 is 5.97 Å². The lowest BCUT2D eigenvalue weighted by Gasteiger charge is -2.18. The van der Waals surface area contributed by atoms with Crippen LogP contribution < -0.4 is 10.9 Å². The molecule has 0 spiro atoms. The number of hydrogen-bond donors (Lipinski definition) is 2. The molecule has 0 fully saturated rings. The molecule has 1 amide bonds. The fourth-order valence-corrected chi connectivity index (χ4v) is 5.22. The number of amides is 1. The van der Waals surface area contributed by atoms with Gasteiger partial charge in [-0.05, 0) is 73.1 Å². The van der Waals surface area contributed by atoms with E-state index >= 15 is 0 Å². The number of benzene rings is 3. The minimum Gasteiger partial charge on any atom is -0.477 e. The summed E-state index contributed by atoms with van der Waals surface area (Å²) in [6, 6.07) is 17.1. The Morgan fingerprint density at radius 3 is 2.33 bits per heavy atom. The fourth-order valence-electron chi connectivity index (χ4n) is 4.42. The standard InChI is InChI=1S/C29H28ClN3O6S/c1-32(2)14-13-31-27(34)20-6-4-5-19(15-20)25-24-16-21(30)9-12-23(24)28(35)33(26(25)29(36)37)17-18-7-10-22(11-8-18)40(3,38)39/h4-12,15-16H,13-14,17H2,1-3H3,(H,31,34)(H,36,37). The van der Waals surface area contributed by atoms with E-state index in [0.29, 0.717) is 40.2 Å². The second-order valence-corrected chi connectivity index (χ2v) is 12.1. The second-order valence-electron chi connectivity index (χ2n) is 9.67. The van der Waals surface area contributed by atoms with Crippen LogP contribution in [0.1, 0.15) is 26.4 Å². The molecule has 0 aliphatic carbocycles. The highest BCUT2D eigenvalue weighted by Crippen LogP contribution is 2.33. The smallest absolute Gasteiger partial charge is 0.353 e. The van der Waals surface area contributed by atoms with E-state index in [1.807, 2.05) is 19.0 Å². The highest BCUT2D eigenvalue weighted by atomic mass is 35.5. The maximum Gasteiger partial charge on any atom is 0.353 e. The number of fused-ring (bicyclic) bond motifs is 1. The number of carboxylic acids is 1. The summed E-state index contributed by atoms with van der Waals surface area (Å²) in [5, 5.41) is 14.1.